The Morgan fingerprint density at radius 2 is 2.17 bits per heavy atom. The van der Waals surface area contributed by atoms with Gasteiger partial charge in [-0.3, -0.25) is 0 Å². The molecule has 1 heterocycles. The molecule has 1 aromatic carbocycles. The molecule has 0 aliphatic rings. The predicted octanol–water partition coefficient (Wildman–Crippen LogP) is 3.24. The number of rotatable bonds is 2. The Balaban J connectivity index is 2.32. The second-order valence-electron chi connectivity index (χ2n) is 3.88. The number of benzene rings is 1. The summed E-state index contributed by atoms with van der Waals surface area (Å²) in [5, 5.41) is 12.3. The van der Waals surface area contributed by atoms with Crippen LogP contribution < -0.4 is 11.1 Å². The molecule has 0 bridgehead atoms. The van der Waals surface area contributed by atoms with Gasteiger partial charge in [-0.1, -0.05) is 11.6 Å². The first kappa shape index (κ1) is 12.2. The summed E-state index contributed by atoms with van der Waals surface area (Å²) in [6.07, 6.45) is 1.72. The number of anilines is 3. The second kappa shape index (κ2) is 4.94. The summed E-state index contributed by atoms with van der Waals surface area (Å²) in [5.74, 6) is 0.548. The van der Waals surface area contributed by atoms with Crippen LogP contribution in [0.1, 0.15) is 11.1 Å². The first-order valence-corrected chi connectivity index (χ1v) is 5.67. The molecule has 3 N–H and O–H groups in total. The van der Waals surface area contributed by atoms with E-state index in [1.165, 1.54) is 0 Å². The first-order chi connectivity index (χ1) is 8.60. The molecular formula is C13H11ClN4. The van der Waals surface area contributed by atoms with Crippen molar-refractivity contribution in [1.29, 1.82) is 5.26 Å². The highest BCUT2D eigenvalue weighted by atomic mass is 35.5. The van der Waals surface area contributed by atoms with Crippen LogP contribution in [0.25, 0.3) is 0 Å². The van der Waals surface area contributed by atoms with E-state index in [1.54, 1.807) is 24.4 Å². The molecule has 0 atom stereocenters. The number of nitrogen functional groups attached to an aromatic ring is 1. The number of nitriles is 1. The van der Waals surface area contributed by atoms with Gasteiger partial charge in [-0.15, -0.1) is 0 Å². The SMILES string of the molecule is Cc1cnc(Nc2ccc(C#N)cc2Cl)c(N)c1. The van der Waals surface area contributed by atoms with Crippen molar-refractivity contribution in [1.82, 2.24) is 4.98 Å². The van der Waals surface area contributed by atoms with Crippen LogP contribution in [0.15, 0.2) is 30.5 Å². The zero-order valence-electron chi connectivity index (χ0n) is 9.74. The fraction of sp³-hybridized carbons (Fsp3) is 0.0769. The topological polar surface area (TPSA) is 74.7 Å². The van der Waals surface area contributed by atoms with E-state index in [1.807, 2.05) is 19.1 Å². The summed E-state index contributed by atoms with van der Waals surface area (Å²) in [6.45, 7) is 1.92. The molecule has 0 amide bonds. The van der Waals surface area contributed by atoms with Crippen LogP contribution in [0.5, 0.6) is 0 Å². The Bertz CT molecular complexity index is 631. The molecular weight excluding hydrogens is 248 g/mol. The molecule has 1 aromatic heterocycles. The van der Waals surface area contributed by atoms with Gasteiger partial charge in [0.1, 0.15) is 0 Å². The molecule has 5 heteroatoms. The van der Waals surface area contributed by atoms with Crippen LogP contribution >= 0.6 is 11.6 Å². The molecule has 0 unspecified atom stereocenters. The van der Waals surface area contributed by atoms with Crippen molar-refractivity contribution < 1.29 is 0 Å². The van der Waals surface area contributed by atoms with Gasteiger partial charge in [0, 0.05) is 6.20 Å². The summed E-state index contributed by atoms with van der Waals surface area (Å²) in [7, 11) is 0. The normalized spacial score (nSPS) is 9.83. The van der Waals surface area contributed by atoms with Gasteiger partial charge < -0.3 is 11.1 Å². The fourth-order valence-corrected chi connectivity index (χ4v) is 1.74. The Morgan fingerprint density at radius 1 is 1.39 bits per heavy atom. The molecule has 0 spiro atoms. The van der Waals surface area contributed by atoms with Crippen molar-refractivity contribution in [3.05, 3.63) is 46.6 Å². The number of nitrogens with one attached hydrogen (secondary N) is 1. The molecule has 90 valence electrons. The third-order valence-electron chi connectivity index (χ3n) is 2.41. The number of halogens is 1. The minimum Gasteiger partial charge on any atom is -0.396 e. The molecule has 0 saturated carbocycles. The van der Waals surface area contributed by atoms with E-state index in [2.05, 4.69) is 10.3 Å². The van der Waals surface area contributed by atoms with Gasteiger partial charge in [-0.2, -0.15) is 5.26 Å². The van der Waals surface area contributed by atoms with Gasteiger partial charge in [-0.05, 0) is 36.8 Å². The van der Waals surface area contributed by atoms with Crippen LogP contribution in [0.2, 0.25) is 5.02 Å². The van der Waals surface area contributed by atoms with Crippen molar-refractivity contribution in [2.24, 2.45) is 0 Å². The number of aromatic nitrogens is 1. The van der Waals surface area contributed by atoms with Gasteiger partial charge in [0.25, 0.3) is 0 Å². The Morgan fingerprint density at radius 3 is 2.78 bits per heavy atom. The zero-order chi connectivity index (χ0) is 13.1. The van der Waals surface area contributed by atoms with Gasteiger partial charge >= 0.3 is 0 Å². The number of pyridine rings is 1. The first-order valence-electron chi connectivity index (χ1n) is 5.29. The average Bonchev–Trinajstić information content (AvgIpc) is 2.34. The van der Waals surface area contributed by atoms with Crippen LogP contribution in [0.3, 0.4) is 0 Å². The fourth-order valence-electron chi connectivity index (χ4n) is 1.51. The van der Waals surface area contributed by atoms with E-state index >= 15 is 0 Å². The Hall–Kier alpha value is -2.25. The zero-order valence-corrected chi connectivity index (χ0v) is 10.5. The van der Waals surface area contributed by atoms with Crippen molar-refractivity contribution in [2.75, 3.05) is 11.1 Å². The van der Waals surface area contributed by atoms with Crippen LogP contribution in [0.4, 0.5) is 17.2 Å². The summed E-state index contributed by atoms with van der Waals surface area (Å²) in [6, 6.07) is 8.85. The molecule has 18 heavy (non-hydrogen) atoms. The van der Waals surface area contributed by atoms with E-state index in [4.69, 9.17) is 22.6 Å². The quantitative estimate of drug-likeness (QED) is 0.867. The number of nitrogens with two attached hydrogens (primary N) is 1. The standard InChI is InChI=1S/C13H11ClN4/c1-8-4-11(16)13(17-7-8)18-12-3-2-9(6-15)5-10(12)14/h2-5,7H,16H2,1H3,(H,17,18). The maximum atomic E-state index is 8.76. The van der Waals surface area contributed by atoms with E-state index in [0.717, 1.165) is 5.56 Å². The number of aryl methyl sites for hydroxylation is 1. The Labute approximate surface area is 110 Å². The lowest BCUT2D eigenvalue weighted by Crippen LogP contribution is -2.00. The van der Waals surface area contributed by atoms with Gasteiger partial charge in [0.2, 0.25) is 0 Å². The third kappa shape index (κ3) is 2.53. The van der Waals surface area contributed by atoms with E-state index in [0.29, 0.717) is 27.8 Å². The van der Waals surface area contributed by atoms with Gasteiger partial charge in [0.15, 0.2) is 5.82 Å². The maximum absolute atomic E-state index is 8.76. The smallest absolute Gasteiger partial charge is 0.153 e. The summed E-state index contributed by atoms with van der Waals surface area (Å²) < 4.78 is 0. The van der Waals surface area contributed by atoms with Crippen LogP contribution in [-0.2, 0) is 0 Å². The van der Waals surface area contributed by atoms with Crippen molar-refractivity contribution in [3.8, 4) is 6.07 Å². The minimum absolute atomic E-state index is 0.454. The predicted molar refractivity (Wildman–Crippen MR) is 72.8 cm³/mol. The highest BCUT2D eigenvalue weighted by molar-refractivity contribution is 6.33. The molecule has 4 nitrogen and oxygen atoms in total. The maximum Gasteiger partial charge on any atom is 0.153 e. The third-order valence-corrected chi connectivity index (χ3v) is 2.72. The summed E-state index contributed by atoms with van der Waals surface area (Å²) in [5.41, 5.74) is 8.57. The lowest BCUT2D eigenvalue weighted by Gasteiger charge is -2.10. The van der Waals surface area contributed by atoms with Gasteiger partial charge in [0.05, 0.1) is 28.0 Å². The summed E-state index contributed by atoms with van der Waals surface area (Å²) in [4.78, 5) is 4.20. The van der Waals surface area contributed by atoms with E-state index in [9.17, 15) is 0 Å². The monoisotopic (exact) mass is 258 g/mol. The largest absolute Gasteiger partial charge is 0.396 e. The van der Waals surface area contributed by atoms with E-state index in [-0.39, 0.29) is 0 Å². The average molecular weight is 259 g/mol. The van der Waals surface area contributed by atoms with Crippen LogP contribution in [0, 0.1) is 18.3 Å². The minimum atomic E-state index is 0.454. The highest BCUT2D eigenvalue weighted by Crippen LogP contribution is 2.28. The molecule has 2 aromatic rings. The molecule has 0 fully saturated rings. The number of nitrogens with zero attached hydrogens (tertiary/aromatic N) is 2. The van der Waals surface area contributed by atoms with Crippen molar-refractivity contribution >= 4 is 28.8 Å². The molecule has 2 rings (SSSR count). The number of hydrogen-bond donors (Lipinski definition) is 2. The van der Waals surface area contributed by atoms with Crippen LogP contribution in [-0.4, -0.2) is 4.98 Å². The molecule has 0 radical (unpaired) electrons. The van der Waals surface area contributed by atoms with Crippen molar-refractivity contribution in [3.63, 3.8) is 0 Å². The van der Waals surface area contributed by atoms with Gasteiger partial charge in [-0.25, -0.2) is 4.98 Å². The number of hydrogen-bond acceptors (Lipinski definition) is 4. The molecule has 0 aliphatic heterocycles. The summed E-state index contributed by atoms with van der Waals surface area (Å²) >= 11 is 6.06. The lowest BCUT2D eigenvalue weighted by molar-refractivity contribution is 1.26. The Kier molecular flexibility index (Phi) is 3.35. The highest BCUT2D eigenvalue weighted by Gasteiger charge is 2.05. The van der Waals surface area contributed by atoms with Crippen molar-refractivity contribution in [2.45, 2.75) is 6.92 Å². The molecule has 0 saturated heterocycles. The van der Waals surface area contributed by atoms with E-state index < -0.39 is 0 Å². The second-order valence-corrected chi connectivity index (χ2v) is 4.29. The lowest BCUT2D eigenvalue weighted by atomic mass is 10.2. The molecule has 0 aliphatic carbocycles.